The normalized spacial score (nSPS) is 16.3. The Bertz CT molecular complexity index is 757. The molecule has 0 aliphatic carbocycles. The van der Waals surface area contributed by atoms with Crippen molar-refractivity contribution in [1.29, 1.82) is 0 Å². The highest BCUT2D eigenvalue weighted by atomic mass is 32.1. The third-order valence-electron chi connectivity index (χ3n) is 4.71. The number of amides is 1. The molecule has 27 heavy (non-hydrogen) atoms. The van der Waals surface area contributed by atoms with E-state index < -0.39 is 0 Å². The summed E-state index contributed by atoms with van der Waals surface area (Å²) in [6.45, 7) is 7.36. The van der Waals surface area contributed by atoms with Crippen molar-refractivity contribution in [3.63, 3.8) is 0 Å². The Hall–Kier alpha value is -1.83. The van der Waals surface area contributed by atoms with Crippen LogP contribution in [0.4, 0.5) is 4.39 Å². The van der Waals surface area contributed by atoms with Crippen LogP contribution in [0.25, 0.3) is 0 Å². The Morgan fingerprint density at radius 3 is 2.70 bits per heavy atom. The lowest BCUT2D eigenvalue weighted by atomic mass is 10.0. The average molecular weight is 392 g/mol. The number of hydrogen-bond acceptors (Lipinski definition) is 5. The summed E-state index contributed by atoms with van der Waals surface area (Å²) in [5.74, 6) is -0.347. The van der Waals surface area contributed by atoms with Crippen molar-refractivity contribution in [2.45, 2.75) is 32.7 Å². The molecule has 0 bridgehead atoms. The van der Waals surface area contributed by atoms with Crippen LogP contribution in [0.1, 0.15) is 45.3 Å². The number of benzene rings is 1. The van der Waals surface area contributed by atoms with E-state index in [1.54, 1.807) is 12.1 Å². The van der Waals surface area contributed by atoms with Gasteiger partial charge in [0.05, 0.1) is 30.0 Å². The summed E-state index contributed by atoms with van der Waals surface area (Å²) in [7, 11) is 0. The van der Waals surface area contributed by atoms with Crippen LogP contribution in [-0.2, 0) is 11.2 Å². The highest BCUT2D eigenvalue weighted by Gasteiger charge is 2.24. The van der Waals surface area contributed by atoms with Crippen LogP contribution in [0.3, 0.4) is 0 Å². The molecule has 2 aromatic rings. The average Bonchev–Trinajstić information content (AvgIpc) is 3.05. The third-order valence-corrected chi connectivity index (χ3v) is 5.92. The van der Waals surface area contributed by atoms with E-state index in [4.69, 9.17) is 4.74 Å². The van der Waals surface area contributed by atoms with Crippen molar-refractivity contribution in [2.24, 2.45) is 0 Å². The molecular formula is C20H26FN3O2S. The second-order valence-electron chi connectivity index (χ2n) is 6.70. The van der Waals surface area contributed by atoms with E-state index >= 15 is 0 Å². The molecule has 0 spiro atoms. The Balaban J connectivity index is 1.72. The first-order chi connectivity index (χ1) is 13.1. The molecule has 1 fully saturated rings. The highest BCUT2D eigenvalue weighted by Crippen LogP contribution is 2.23. The van der Waals surface area contributed by atoms with E-state index in [1.807, 2.05) is 6.92 Å². The number of hydrogen-bond donors (Lipinski definition) is 1. The van der Waals surface area contributed by atoms with Crippen molar-refractivity contribution in [2.75, 3.05) is 32.8 Å². The standard InChI is InChI=1S/C20H26FN3O2S/c1-3-4-18-23-14(2)19(27-18)20(25)22-13-17(24-9-11-26-12-10-24)15-5-7-16(21)8-6-15/h5-8,17H,3-4,9-13H2,1-2H3,(H,22,25). The monoisotopic (exact) mass is 391 g/mol. The van der Waals surface area contributed by atoms with Gasteiger partial charge in [-0.3, -0.25) is 9.69 Å². The predicted molar refractivity (Wildman–Crippen MR) is 105 cm³/mol. The molecule has 1 N–H and O–H groups in total. The van der Waals surface area contributed by atoms with Gasteiger partial charge in [0.15, 0.2) is 0 Å². The molecule has 7 heteroatoms. The molecule has 1 atom stereocenters. The van der Waals surface area contributed by atoms with Gasteiger partial charge < -0.3 is 10.1 Å². The minimum atomic E-state index is -0.257. The zero-order valence-corrected chi connectivity index (χ0v) is 16.7. The number of aryl methyl sites for hydroxylation is 2. The minimum Gasteiger partial charge on any atom is -0.379 e. The zero-order valence-electron chi connectivity index (χ0n) is 15.8. The summed E-state index contributed by atoms with van der Waals surface area (Å²) < 4.78 is 18.8. The fourth-order valence-electron chi connectivity index (χ4n) is 3.29. The van der Waals surface area contributed by atoms with Gasteiger partial charge in [0.2, 0.25) is 0 Å². The number of ether oxygens (including phenoxy) is 1. The first-order valence-corrected chi connectivity index (χ1v) is 10.2. The number of carbonyl (C=O) groups excluding carboxylic acids is 1. The largest absolute Gasteiger partial charge is 0.379 e. The Kier molecular flexibility index (Phi) is 6.93. The summed E-state index contributed by atoms with van der Waals surface area (Å²) in [5, 5.41) is 4.06. The number of morpholine rings is 1. The van der Waals surface area contributed by atoms with Crippen LogP contribution in [0.5, 0.6) is 0 Å². The van der Waals surface area contributed by atoms with E-state index in [0.717, 1.165) is 42.2 Å². The molecule has 3 rings (SSSR count). The van der Waals surface area contributed by atoms with E-state index in [2.05, 4.69) is 22.1 Å². The first kappa shape index (κ1) is 19.9. The quantitative estimate of drug-likeness (QED) is 0.787. The number of carbonyl (C=O) groups is 1. The number of aromatic nitrogens is 1. The van der Waals surface area contributed by atoms with E-state index in [0.29, 0.717) is 24.6 Å². The molecular weight excluding hydrogens is 365 g/mol. The molecule has 1 aliphatic heterocycles. The second-order valence-corrected chi connectivity index (χ2v) is 7.78. The van der Waals surface area contributed by atoms with Crippen molar-refractivity contribution in [3.8, 4) is 0 Å². The molecule has 1 aromatic carbocycles. The van der Waals surface area contributed by atoms with Gasteiger partial charge in [-0.05, 0) is 37.5 Å². The summed E-state index contributed by atoms with van der Waals surface area (Å²) in [6, 6.07) is 6.50. The Morgan fingerprint density at radius 2 is 2.04 bits per heavy atom. The van der Waals surface area contributed by atoms with Crippen LogP contribution in [-0.4, -0.2) is 48.6 Å². The molecule has 1 aliphatic rings. The Labute approximate surface area is 163 Å². The van der Waals surface area contributed by atoms with Crippen LogP contribution in [0.15, 0.2) is 24.3 Å². The number of nitrogens with zero attached hydrogens (tertiary/aromatic N) is 2. The smallest absolute Gasteiger partial charge is 0.263 e. The van der Waals surface area contributed by atoms with Crippen LogP contribution in [0.2, 0.25) is 0 Å². The van der Waals surface area contributed by atoms with Crippen molar-refractivity contribution >= 4 is 17.2 Å². The SMILES string of the molecule is CCCc1nc(C)c(C(=O)NCC(c2ccc(F)cc2)N2CCOCC2)s1. The van der Waals surface area contributed by atoms with Gasteiger partial charge in [-0.25, -0.2) is 9.37 Å². The fraction of sp³-hybridized carbons (Fsp3) is 0.500. The van der Waals surface area contributed by atoms with Crippen LogP contribution >= 0.6 is 11.3 Å². The molecule has 0 radical (unpaired) electrons. The maximum absolute atomic E-state index is 13.3. The minimum absolute atomic E-state index is 0.0122. The third kappa shape index (κ3) is 5.12. The van der Waals surface area contributed by atoms with Gasteiger partial charge in [-0.15, -0.1) is 11.3 Å². The second kappa shape index (κ2) is 9.39. The number of halogens is 1. The fourth-order valence-corrected chi connectivity index (χ4v) is 4.37. The maximum Gasteiger partial charge on any atom is 0.263 e. The number of rotatable bonds is 7. The van der Waals surface area contributed by atoms with E-state index in [-0.39, 0.29) is 17.8 Å². The molecule has 2 heterocycles. The first-order valence-electron chi connectivity index (χ1n) is 9.40. The van der Waals surface area contributed by atoms with Gasteiger partial charge in [-0.2, -0.15) is 0 Å². The van der Waals surface area contributed by atoms with Crippen molar-refractivity contribution in [1.82, 2.24) is 15.2 Å². The summed E-state index contributed by atoms with van der Waals surface area (Å²) in [4.78, 5) is 20.2. The van der Waals surface area contributed by atoms with Crippen LogP contribution in [0, 0.1) is 12.7 Å². The summed E-state index contributed by atoms with van der Waals surface area (Å²) in [6.07, 6.45) is 1.91. The van der Waals surface area contributed by atoms with E-state index in [1.165, 1.54) is 23.5 Å². The molecule has 5 nitrogen and oxygen atoms in total. The summed E-state index contributed by atoms with van der Waals surface area (Å²) in [5.41, 5.74) is 1.77. The zero-order chi connectivity index (χ0) is 19.2. The number of nitrogens with one attached hydrogen (secondary N) is 1. The topological polar surface area (TPSA) is 54.5 Å². The highest BCUT2D eigenvalue weighted by molar-refractivity contribution is 7.13. The van der Waals surface area contributed by atoms with Crippen molar-refractivity contribution in [3.05, 3.63) is 51.2 Å². The molecule has 1 saturated heterocycles. The summed E-state index contributed by atoms with van der Waals surface area (Å²) >= 11 is 1.47. The van der Waals surface area contributed by atoms with Gasteiger partial charge in [0.25, 0.3) is 5.91 Å². The molecule has 1 amide bonds. The maximum atomic E-state index is 13.3. The van der Waals surface area contributed by atoms with Crippen molar-refractivity contribution < 1.29 is 13.9 Å². The molecule has 146 valence electrons. The lowest BCUT2D eigenvalue weighted by Crippen LogP contribution is -2.43. The molecule has 0 saturated carbocycles. The molecule has 1 aromatic heterocycles. The van der Waals surface area contributed by atoms with Crippen LogP contribution < -0.4 is 5.32 Å². The molecule has 1 unspecified atom stereocenters. The Morgan fingerprint density at radius 1 is 1.33 bits per heavy atom. The number of thiazole rings is 1. The van der Waals surface area contributed by atoms with E-state index in [9.17, 15) is 9.18 Å². The van der Waals surface area contributed by atoms with Gasteiger partial charge in [0, 0.05) is 19.6 Å². The lowest BCUT2D eigenvalue weighted by Gasteiger charge is -2.34. The predicted octanol–water partition coefficient (Wildman–Crippen LogP) is 3.35. The lowest BCUT2D eigenvalue weighted by molar-refractivity contribution is 0.0162. The van der Waals surface area contributed by atoms with Gasteiger partial charge in [-0.1, -0.05) is 19.1 Å². The van der Waals surface area contributed by atoms with Gasteiger partial charge in [0.1, 0.15) is 10.7 Å². The van der Waals surface area contributed by atoms with Gasteiger partial charge >= 0.3 is 0 Å².